The molecule has 2 aromatic rings. The fourth-order valence-electron chi connectivity index (χ4n) is 2.58. The average Bonchev–Trinajstić information content (AvgIpc) is 2.66. The number of allylic oxidation sites excluding steroid dienone is 1. The van der Waals surface area contributed by atoms with Gasteiger partial charge in [-0.15, -0.1) is 0 Å². The largest absolute Gasteiger partial charge is 0.429 e. The molecule has 2 rings (SSSR count). The standard InChI is InChI=1S/C20H23ClF2N4O2/c1-4-9-20(22,23)29-15-7-5-14(6-8-15)16-10-17(26-19(21)25-16)18(24)27(3)11-13(2)12-28/h4-10,13,24,28H,11-12H2,1-3H3/b9-4+,24-18?/t13-/m1/s1. The summed E-state index contributed by atoms with van der Waals surface area (Å²) in [5.41, 5.74) is 1.36. The van der Waals surface area contributed by atoms with Crippen molar-refractivity contribution in [2.45, 2.75) is 20.0 Å². The van der Waals surface area contributed by atoms with Crippen LogP contribution in [0.25, 0.3) is 11.3 Å². The fraction of sp³-hybridized carbons (Fsp3) is 0.350. The number of aromatic nitrogens is 2. The van der Waals surface area contributed by atoms with E-state index in [2.05, 4.69) is 14.7 Å². The average molecular weight is 425 g/mol. The van der Waals surface area contributed by atoms with Crippen molar-refractivity contribution < 1.29 is 18.6 Å². The highest BCUT2D eigenvalue weighted by Gasteiger charge is 2.27. The Morgan fingerprint density at radius 2 is 2.00 bits per heavy atom. The van der Waals surface area contributed by atoms with Crippen LogP contribution in [0.3, 0.4) is 0 Å². The highest BCUT2D eigenvalue weighted by atomic mass is 35.5. The Kier molecular flexibility index (Phi) is 7.64. The van der Waals surface area contributed by atoms with E-state index in [-0.39, 0.29) is 29.4 Å². The van der Waals surface area contributed by atoms with Crippen LogP contribution >= 0.6 is 11.6 Å². The molecule has 0 saturated heterocycles. The molecule has 2 N–H and O–H groups in total. The van der Waals surface area contributed by atoms with Crippen molar-refractivity contribution in [1.29, 1.82) is 5.41 Å². The van der Waals surface area contributed by atoms with Gasteiger partial charge in [-0.25, -0.2) is 9.97 Å². The highest BCUT2D eigenvalue weighted by Crippen LogP contribution is 2.27. The van der Waals surface area contributed by atoms with E-state index in [1.54, 1.807) is 30.1 Å². The van der Waals surface area contributed by atoms with Gasteiger partial charge in [0.1, 0.15) is 17.3 Å². The van der Waals surface area contributed by atoms with E-state index in [0.717, 1.165) is 0 Å². The number of hydrogen-bond donors (Lipinski definition) is 2. The molecule has 0 radical (unpaired) electrons. The number of nitrogens with one attached hydrogen (secondary N) is 1. The Hall–Kier alpha value is -2.58. The zero-order chi connectivity index (χ0) is 21.6. The molecule has 0 fully saturated rings. The van der Waals surface area contributed by atoms with E-state index in [1.807, 2.05) is 6.92 Å². The molecule has 0 unspecified atom stereocenters. The van der Waals surface area contributed by atoms with Crippen LogP contribution in [0.15, 0.2) is 42.5 Å². The van der Waals surface area contributed by atoms with Crippen LogP contribution < -0.4 is 4.74 Å². The predicted molar refractivity (Wildman–Crippen MR) is 109 cm³/mol. The first-order valence-electron chi connectivity index (χ1n) is 8.91. The molecule has 1 atom stereocenters. The first-order chi connectivity index (χ1) is 13.6. The topological polar surface area (TPSA) is 82.3 Å². The molecule has 6 nitrogen and oxygen atoms in total. The van der Waals surface area contributed by atoms with Gasteiger partial charge in [0.25, 0.3) is 0 Å². The van der Waals surface area contributed by atoms with Crippen LogP contribution in [0.1, 0.15) is 19.5 Å². The van der Waals surface area contributed by atoms with Gasteiger partial charge in [0, 0.05) is 31.8 Å². The number of rotatable bonds is 8. The smallest absolute Gasteiger partial charge is 0.419 e. The number of amidine groups is 1. The van der Waals surface area contributed by atoms with Crippen molar-refractivity contribution in [1.82, 2.24) is 14.9 Å². The van der Waals surface area contributed by atoms with E-state index in [1.165, 1.54) is 25.1 Å². The molecule has 9 heteroatoms. The zero-order valence-corrected chi connectivity index (χ0v) is 17.1. The van der Waals surface area contributed by atoms with E-state index in [0.29, 0.717) is 29.6 Å². The zero-order valence-electron chi connectivity index (χ0n) is 16.4. The summed E-state index contributed by atoms with van der Waals surface area (Å²) in [7, 11) is 1.72. The lowest BCUT2D eigenvalue weighted by molar-refractivity contribution is -0.131. The van der Waals surface area contributed by atoms with Crippen LogP contribution in [0, 0.1) is 11.3 Å². The van der Waals surface area contributed by atoms with Crippen LogP contribution in [0.5, 0.6) is 5.75 Å². The maximum atomic E-state index is 13.5. The highest BCUT2D eigenvalue weighted by molar-refractivity contribution is 6.28. The molecule has 1 aromatic carbocycles. The van der Waals surface area contributed by atoms with Crippen molar-refractivity contribution in [3.05, 3.63) is 53.5 Å². The number of aliphatic hydroxyl groups excluding tert-OH is 1. The molecular formula is C20H23ClF2N4O2. The lowest BCUT2D eigenvalue weighted by Crippen LogP contribution is -2.32. The lowest BCUT2D eigenvalue weighted by Gasteiger charge is -2.22. The lowest BCUT2D eigenvalue weighted by atomic mass is 10.1. The van der Waals surface area contributed by atoms with Crippen LogP contribution in [-0.4, -0.2) is 52.1 Å². The molecule has 0 bridgehead atoms. The Bertz CT molecular complexity index is 875. The van der Waals surface area contributed by atoms with Crippen LogP contribution in [0.4, 0.5) is 8.78 Å². The van der Waals surface area contributed by atoms with Gasteiger partial charge in [-0.3, -0.25) is 5.41 Å². The summed E-state index contributed by atoms with van der Waals surface area (Å²) in [4.78, 5) is 9.91. The molecule has 1 aromatic heterocycles. The minimum Gasteiger partial charge on any atom is -0.429 e. The summed E-state index contributed by atoms with van der Waals surface area (Å²) in [6.45, 7) is 3.83. The van der Waals surface area contributed by atoms with Gasteiger partial charge in [0.05, 0.1) is 5.69 Å². The van der Waals surface area contributed by atoms with Gasteiger partial charge in [0.2, 0.25) is 5.28 Å². The predicted octanol–water partition coefficient (Wildman–Crippen LogP) is 4.23. The van der Waals surface area contributed by atoms with Crippen molar-refractivity contribution in [2.75, 3.05) is 20.2 Å². The van der Waals surface area contributed by atoms with Crippen LogP contribution in [-0.2, 0) is 0 Å². The summed E-state index contributed by atoms with van der Waals surface area (Å²) >= 11 is 6.03. The van der Waals surface area contributed by atoms with Crippen molar-refractivity contribution in [2.24, 2.45) is 5.92 Å². The number of ether oxygens (including phenoxy) is 1. The first kappa shape index (κ1) is 22.7. The first-order valence-corrected chi connectivity index (χ1v) is 9.29. The third-order valence-corrected chi connectivity index (χ3v) is 4.15. The minimum absolute atomic E-state index is 0.00249. The van der Waals surface area contributed by atoms with Gasteiger partial charge >= 0.3 is 6.11 Å². The van der Waals surface area contributed by atoms with Gasteiger partial charge in [-0.1, -0.05) is 13.0 Å². The second kappa shape index (κ2) is 9.76. The molecular weight excluding hydrogens is 402 g/mol. The molecule has 0 aliphatic heterocycles. The molecule has 0 aliphatic carbocycles. The summed E-state index contributed by atoms with van der Waals surface area (Å²) in [5.74, 6) is 0.120. The third kappa shape index (κ3) is 6.47. The number of nitrogens with zero attached hydrogens (tertiary/aromatic N) is 3. The molecule has 1 heterocycles. The summed E-state index contributed by atoms with van der Waals surface area (Å²) < 4.78 is 31.7. The number of aliphatic hydroxyl groups is 1. The molecule has 29 heavy (non-hydrogen) atoms. The molecule has 0 spiro atoms. The number of benzene rings is 1. The Labute approximate surface area is 173 Å². The number of hydrogen-bond acceptors (Lipinski definition) is 5. The quantitative estimate of drug-likeness (QED) is 0.287. The van der Waals surface area contributed by atoms with Crippen molar-refractivity contribution in [3.63, 3.8) is 0 Å². The van der Waals surface area contributed by atoms with Crippen molar-refractivity contribution >= 4 is 17.4 Å². The minimum atomic E-state index is -3.40. The number of halogens is 3. The van der Waals surface area contributed by atoms with Gasteiger partial charge in [-0.05, 0) is 54.8 Å². The maximum Gasteiger partial charge on any atom is 0.419 e. The second-order valence-electron chi connectivity index (χ2n) is 6.61. The normalized spacial score (nSPS) is 12.8. The molecule has 156 valence electrons. The molecule has 0 amide bonds. The van der Waals surface area contributed by atoms with E-state index in [9.17, 15) is 13.9 Å². The van der Waals surface area contributed by atoms with Gasteiger partial charge in [-0.2, -0.15) is 8.78 Å². The Morgan fingerprint density at radius 3 is 2.59 bits per heavy atom. The van der Waals surface area contributed by atoms with E-state index in [4.69, 9.17) is 17.0 Å². The van der Waals surface area contributed by atoms with Crippen LogP contribution in [0.2, 0.25) is 5.28 Å². The van der Waals surface area contributed by atoms with E-state index < -0.39 is 6.11 Å². The van der Waals surface area contributed by atoms with Gasteiger partial charge in [0.15, 0.2) is 0 Å². The maximum absolute atomic E-state index is 13.5. The molecule has 0 aliphatic rings. The fourth-order valence-corrected chi connectivity index (χ4v) is 2.76. The summed E-state index contributed by atoms with van der Waals surface area (Å²) in [6, 6.07) is 7.56. The second-order valence-corrected chi connectivity index (χ2v) is 6.95. The summed E-state index contributed by atoms with van der Waals surface area (Å²) in [5, 5.41) is 17.5. The monoisotopic (exact) mass is 424 g/mol. The Morgan fingerprint density at radius 1 is 1.34 bits per heavy atom. The van der Waals surface area contributed by atoms with Gasteiger partial charge < -0.3 is 14.7 Å². The Balaban J connectivity index is 2.24. The third-order valence-electron chi connectivity index (χ3n) is 3.99. The summed E-state index contributed by atoms with van der Waals surface area (Å²) in [6.07, 6.45) is -1.52. The number of alkyl halides is 2. The molecule has 0 saturated carbocycles. The SMILES string of the molecule is C/C=C/C(F)(F)Oc1ccc(-c2cc(C(=N)N(C)C[C@@H](C)CO)nc(Cl)n2)cc1. The van der Waals surface area contributed by atoms with E-state index >= 15 is 0 Å². The van der Waals surface area contributed by atoms with Crippen molar-refractivity contribution in [3.8, 4) is 17.0 Å².